The number of carboxylic acid groups (broad SMARTS) is 1. The number of anilines is 1. The lowest BCUT2D eigenvalue weighted by Crippen LogP contribution is -2.49. The second-order valence-electron chi connectivity index (χ2n) is 9.06. The fourth-order valence-electron chi connectivity index (χ4n) is 3.50. The molecular formula is C20H32N6O4Si. The van der Waals surface area contributed by atoms with Gasteiger partial charge in [0.1, 0.15) is 12.2 Å². The standard InChI is InChI=1S/C20H32N6O4Si/c1-31(2,3)11-10-30-14-25-9-7-16-18(25)21-13-17(23-16)24-19(27)22-12-15-6-4-5-8-26(15)20(28)29/h7,9,13,15H,4-6,8,10-12,14H2,1-3H3,(H,28,29)(H2,22,23,24,27). The maximum Gasteiger partial charge on any atom is 0.407 e. The molecule has 1 fully saturated rings. The van der Waals surface area contributed by atoms with Crippen molar-refractivity contribution in [3.05, 3.63) is 18.5 Å². The van der Waals surface area contributed by atoms with Gasteiger partial charge in [0.2, 0.25) is 0 Å². The van der Waals surface area contributed by atoms with E-state index in [4.69, 9.17) is 4.74 Å². The molecule has 0 spiro atoms. The summed E-state index contributed by atoms with van der Waals surface area (Å²) in [6.07, 6.45) is 4.98. The average Bonchev–Trinajstić information content (AvgIpc) is 3.11. The molecule has 11 heteroatoms. The molecule has 0 saturated carbocycles. The molecule has 3 N–H and O–H groups in total. The van der Waals surface area contributed by atoms with Gasteiger partial charge in [0.15, 0.2) is 11.5 Å². The molecule has 0 aliphatic carbocycles. The molecule has 0 radical (unpaired) electrons. The van der Waals surface area contributed by atoms with Crippen LogP contribution in [-0.2, 0) is 11.5 Å². The number of ether oxygens (including phenoxy) is 1. The normalized spacial score (nSPS) is 17.0. The van der Waals surface area contributed by atoms with E-state index in [1.807, 2.05) is 16.8 Å². The van der Waals surface area contributed by atoms with E-state index in [-0.39, 0.29) is 12.6 Å². The zero-order valence-corrected chi connectivity index (χ0v) is 19.4. The highest BCUT2D eigenvalue weighted by atomic mass is 28.3. The van der Waals surface area contributed by atoms with Crippen molar-refractivity contribution < 1.29 is 19.4 Å². The Balaban J connectivity index is 1.51. The van der Waals surface area contributed by atoms with Crippen LogP contribution in [0.25, 0.3) is 11.2 Å². The van der Waals surface area contributed by atoms with Crippen molar-refractivity contribution >= 4 is 37.2 Å². The minimum Gasteiger partial charge on any atom is -0.465 e. The van der Waals surface area contributed by atoms with Crippen LogP contribution in [0, 0.1) is 0 Å². The lowest BCUT2D eigenvalue weighted by Gasteiger charge is -2.33. The van der Waals surface area contributed by atoms with Crippen molar-refractivity contribution in [3.8, 4) is 0 Å². The lowest BCUT2D eigenvalue weighted by atomic mass is 10.0. The van der Waals surface area contributed by atoms with E-state index in [0.29, 0.717) is 30.3 Å². The summed E-state index contributed by atoms with van der Waals surface area (Å²) in [4.78, 5) is 33.8. The predicted molar refractivity (Wildman–Crippen MR) is 121 cm³/mol. The molecule has 170 valence electrons. The molecule has 1 aliphatic rings. The molecular weight excluding hydrogens is 416 g/mol. The quantitative estimate of drug-likeness (QED) is 0.420. The van der Waals surface area contributed by atoms with E-state index >= 15 is 0 Å². The molecule has 2 aromatic rings. The Hall–Kier alpha value is -2.66. The monoisotopic (exact) mass is 448 g/mol. The number of rotatable bonds is 8. The Kier molecular flexibility index (Phi) is 7.49. The van der Waals surface area contributed by atoms with Crippen LogP contribution in [0.2, 0.25) is 25.7 Å². The van der Waals surface area contributed by atoms with Crippen LogP contribution in [0.4, 0.5) is 15.4 Å². The number of hydrogen-bond acceptors (Lipinski definition) is 5. The summed E-state index contributed by atoms with van der Waals surface area (Å²) in [5.41, 5.74) is 1.36. The van der Waals surface area contributed by atoms with E-state index < -0.39 is 20.2 Å². The molecule has 3 amide bonds. The van der Waals surface area contributed by atoms with Gasteiger partial charge in [0.25, 0.3) is 0 Å². The van der Waals surface area contributed by atoms with Crippen LogP contribution in [0.3, 0.4) is 0 Å². The Morgan fingerprint density at radius 2 is 2.13 bits per heavy atom. The zero-order chi connectivity index (χ0) is 22.4. The minimum absolute atomic E-state index is 0.208. The first-order chi connectivity index (χ1) is 14.7. The number of hydrogen-bond donors (Lipinski definition) is 3. The van der Waals surface area contributed by atoms with Crippen LogP contribution in [0.15, 0.2) is 18.5 Å². The minimum atomic E-state index is -1.12. The molecule has 31 heavy (non-hydrogen) atoms. The molecule has 3 rings (SSSR count). The van der Waals surface area contributed by atoms with Gasteiger partial charge in [0, 0.05) is 34.0 Å². The molecule has 1 unspecified atom stereocenters. The Morgan fingerprint density at radius 3 is 2.87 bits per heavy atom. The number of likely N-dealkylation sites (tertiary alicyclic amines) is 1. The Morgan fingerprint density at radius 1 is 1.32 bits per heavy atom. The summed E-state index contributed by atoms with van der Waals surface area (Å²) < 4.78 is 7.67. The molecule has 3 heterocycles. The highest BCUT2D eigenvalue weighted by Crippen LogP contribution is 2.17. The third-order valence-electron chi connectivity index (χ3n) is 5.30. The summed E-state index contributed by atoms with van der Waals surface area (Å²) in [6, 6.07) is 2.30. The molecule has 1 saturated heterocycles. The van der Waals surface area contributed by atoms with Gasteiger partial charge in [-0.05, 0) is 31.4 Å². The first kappa shape index (κ1) is 23.0. The summed E-state index contributed by atoms with van der Waals surface area (Å²) in [5, 5.41) is 14.7. The van der Waals surface area contributed by atoms with E-state index in [1.54, 1.807) is 0 Å². The summed E-state index contributed by atoms with van der Waals surface area (Å²) in [5.74, 6) is 0.334. The van der Waals surface area contributed by atoms with Crippen molar-refractivity contribution in [2.75, 3.05) is 25.0 Å². The van der Waals surface area contributed by atoms with Crippen molar-refractivity contribution in [3.63, 3.8) is 0 Å². The highest BCUT2D eigenvalue weighted by Gasteiger charge is 2.26. The van der Waals surface area contributed by atoms with Gasteiger partial charge < -0.3 is 24.6 Å². The van der Waals surface area contributed by atoms with E-state index in [9.17, 15) is 14.7 Å². The topological polar surface area (TPSA) is 122 Å². The first-order valence-corrected chi connectivity index (χ1v) is 14.4. The summed E-state index contributed by atoms with van der Waals surface area (Å²) in [6.45, 7) is 8.85. The number of fused-ring (bicyclic) bond motifs is 1. The number of carbonyl (C=O) groups is 2. The highest BCUT2D eigenvalue weighted by molar-refractivity contribution is 6.76. The smallest absolute Gasteiger partial charge is 0.407 e. The van der Waals surface area contributed by atoms with Crippen LogP contribution in [-0.4, -0.2) is 70.5 Å². The van der Waals surface area contributed by atoms with Gasteiger partial charge in [-0.1, -0.05) is 19.6 Å². The number of nitrogens with zero attached hydrogens (tertiary/aromatic N) is 4. The lowest BCUT2D eigenvalue weighted by molar-refractivity contribution is 0.0899. The Labute approximate surface area is 183 Å². The fraction of sp³-hybridized carbons (Fsp3) is 0.600. The number of urea groups is 1. The molecule has 0 bridgehead atoms. The van der Waals surface area contributed by atoms with Gasteiger partial charge in [-0.2, -0.15) is 0 Å². The zero-order valence-electron chi connectivity index (χ0n) is 18.4. The molecule has 0 aromatic carbocycles. The van der Waals surface area contributed by atoms with Crippen molar-refractivity contribution in [1.29, 1.82) is 0 Å². The average molecular weight is 449 g/mol. The Bertz CT molecular complexity index is 913. The van der Waals surface area contributed by atoms with E-state index in [2.05, 4.69) is 40.2 Å². The largest absolute Gasteiger partial charge is 0.465 e. The predicted octanol–water partition coefficient (Wildman–Crippen LogP) is 3.40. The molecule has 1 aliphatic heterocycles. The van der Waals surface area contributed by atoms with E-state index in [1.165, 1.54) is 11.1 Å². The SMILES string of the molecule is C[Si](C)(C)CCOCn1ccc2nc(NC(=O)NCC3CCCCN3C(=O)O)cnc21. The number of nitrogens with one attached hydrogen (secondary N) is 2. The van der Waals surface area contributed by atoms with Crippen molar-refractivity contribution in [2.24, 2.45) is 0 Å². The van der Waals surface area contributed by atoms with E-state index in [0.717, 1.165) is 31.9 Å². The van der Waals surface area contributed by atoms with Crippen LogP contribution < -0.4 is 10.6 Å². The van der Waals surface area contributed by atoms with Gasteiger partial charge in [-0.3, -0.25) is 5.32 Å². The van der Waals surface area contributed by atoms with Crippen molar-refractivity contribution in [1.82, 2.24) is 24.8 Å². The van der Waals surface area contributed by atoms with Crippen LogP contribution in [0.5, 0.6) is 0 Å². The maximum atomic E-state index is 12.3. The second kappa shape index (κ2) is 10.1. The summed E-state index contributed by atoms with van der Waals surface area (Å²) in [7, 11) is -1.12. The fourth-order valence-corrected chi connectivity index (χ4v) is 4.26. The summed E-state index contributed by atoms with van der Waals surface area (Å²) >= 11 is 0. The van der Waals surface area contributed by atoms with Gasteiger partial charge in [-0.25, -0.2) is 19.6 Å². The number of amides is 3. The first-order valence-electron chi connectivity index (χ1n) is 10.7. The molecule has 10 nitrogen and oxygen atoms in total. The third-order valence-corrected chi connectivity index (χ3v) is 7.01. The number of carbonyl (C=O) groups excluding carboxylic acids is 1. The van der Waals surface area contributed by atoms with Crippen LogP contribution >= 0.6 is 0 Å². The third kappa shape index (κ3) is 6.66. The second-order valence-corrected chi connectivity index (χ2v) is 14.7. The van der Waals surface area contributed by atoms with Gasteiger partial charge >= 0.3 is 12.1 Å². The molecule has 1 atom stereocenters. The molecule has 2 aromatic heterocycles. The maximum absolute atomic E-state index is 12.3. The van der Waals surface area contributed by atoms with Gasteiger partial charge in [-0.15, -0.1) is 0 Å². The number of aromatic nitrogens is 3. The van der Waals surface area contributed by atoms with Gasteiger partial charge in [0.05, 0.1) is 12.2 Å². The van der Waals surface area contributed by atoms with Crippen LogP contribution in [0.1, 0.15) is 19.3 Å². The van der Waals surface area contributed by atoms with Crippen molar-refractivity contribution in [2.45, 2.75) is 57.7 Å². The number of piperidine rings is 1.